The highest BCUT2D eigenvalue weighted by molar-refractivity contribution is 6.00. The number of rotatable bonds is 16. The quantitative estimate of drug-likeness (QED) is 0.246. The molecule has 0 aliphatic carbocycles. The molecule has 0 saturated heterocycles. The number of carbonyl (C=O) groups is 2. The van der Waals surface area contributed by atoms with E-state index in [-0.39, 0.29) is 42.6 Å². The van der Waals surface area contributed by atoms with Gasteiger partial charge in [-0.3, -0.25) is 9.59 Å². The van der Waals surface area contributed by atoms with Gasteiger partial charge < -0.3 is 25.7 Å². The summed E-state index contributed by atoms with van der Waals surface area (Å²) in [5.41, 5.74) is 1.66. The molecule has 0 aromatic heterocycles. The van der Waals surface area contributed by atoms with Gasteiger partial charge >= 0.3 is 0 Å². The number of halogens is 2. The summed E-state index contributed by atoms with van der Waals surface area (Å²) in [7, 11) is 0. The van der Waals surface area contributed by atoms with Crippen LogP contribution in [0.4, 0.5) is 8.78 Å². The SMILES string of the molecule is CCCN(CCC)C(=O)c1cc(C)cc(C(=O)N[C@@H](Cc2cc(F)cc(F)c2)[C@H](O)CN[C@@H](CO)CC(C)C)c1. The Bertz CT molecular complexity index is 1090. The number of nitrogens with zero attached hydrogens (tertiary/aromatic N) is 1. The van der Waals surface area contributed by atoms with Gasteiger partial charge in [-0.2, -0.15) is 0 Å². The predicted octanol–water partition coefficient (Wildman–Crippen LogP) is 4.23. The van der Waals surface area contributed by atoms with Gasteiger partial charge in [-0.15, -0.1) is 0 Å². The minimum atomic E-state index is -1.13. The summed E-state index contributed by atoms with van der Waals surface area (Å²) in [6, 6.07) is 6.87. The molecule has 4 N–H and O–H groups in total. The van der Waals surface area contributed by atoms with Crippen molar-refractivity contribution in [3.8, 4) is 0 Å². The fourth-order valence-corrected chi connectivity index (χ4v) is 4.81. The van der Waals surface area contributed by atoms with Crippen molar-refractivity contribution in [3.63, 3.8) is 0 Å². The van der Waals surface area contributed by atoms with Crippen LogP contribution < -0.4 is 10.6 Å². The van der Waals surface area contributed by atoms with E-state index in [9.17, 15) is 28.6 Å². The Morgan fingerprint density at radius 3 is 2.10 bits per heavy atom. The average Bonchev–Trinajstić information content (AvgIpc) is 2.88. The summed E-state index contributed by atoms with van der Waals surface area (Å²) in [6.07, 6.45) is 1.14. The van der Waals surface area contributed by atoms with Crippen LogP contribution in [0.25, 0.3) is 0 Å². The summed E-state index contributed by atoms with van der Waals surface area (Å²) in [5.74, 6) is -1.86. The van der Waals surface area contributed by atoms with Crippen molar-refractivity contribution in [1.29, 1.82) is 0 Å². The van der Waals surface area contributed by atoms with Crippen LogP contribution in [0.5, 0.6) is 0 Å². The smallest absolute Gasteiger partial charge is 0.253 e. The van der Waals surface area contributed by atoms with Gasteiger partial charge in [0.1, 0.15) is 11.6 Å². The third kappa shape index (κ3) is 10.6. The van der Waals surface area contributed by atoms with Gasteiger partial charge in [0.2, 0.25) is 0 Å². The highest BCUT2D eigenvalue weighted by Crippen LogP contribution is 2.16. The van der Waals surface area contributed by atoms with Crippen LogP contribution >= 0.6 is 0 Å². The number of aliphatic hydroxyl groups is 2. The molecular formula is C31H45F2N3O4. The van der Waals surface area contributed by atoms with E-state index in [0.29, 0.717) is 31.0 Å². The molecule has 7 nitrogen and oxygen atoms in total. The van der Waals surface area contributed by atoms with Crippen LogP contribution in [0, 0.1) is 24.5 Å². The zero-order chi connectivity index (χ0) is 29.8. The van der Waals surface area contributed by atoms with Crippen LogP contribution in [0.3, 0.4) is 0 Å². The highest BCUT2D eigenvalue weighted by atomic mass is 19.1. The van der Waals surface area contributed by atoms with Crippen molar-refractivity contribution in [1.82, 2.24) is 15.5 Å². The summed E-state index contributed by atoms with van der Waals surface area (Å²) in [4.78, 5) is 28.4. The molecule has 0 spiro atoms. The van der Waals surface area contributed by atoms with E-state index in [1.165, 1.54) is 6.07 Å². The molecule has 0 heterocycles. The first-order valence-corrected chi connectivity index (χ1v) is 14.2. The summed E-state index contributed by atoms with van der Waals surface area (Å²) >= 11 is 0. The van der Waals surface area contributed by atoms with Gasteiger partial charge in [-0.05, 0) is 80.0 Å². The van der Waals surface area contributed by atoms with Crippen LogP contribution in [0.1, 0.15) is 78.8 Å². The maximum Gasteiger partial charge on any atom is 0.253 e. The summed E-state index contributed by atoms with van der Waals surface area (Å²) < 4.78 is 27.8. The molecular weight excluding hydrogens is 516 g/mol. The van der Waals surface area contributed by atoms with E-state index >= 15 is 0 Å². The number of hydrogen-bond acceptors (Lipinski definition) is 5. The van der Waals surface area contributed by atoms with Crippen molar-refractivity contribution in [2.75, 3.05) is 26.2 Å². The van der Waals surface area contributed by atoms with E-state index in [1.807, 2.05) is 27.7 Å². The lowest BCUT2D eigenvalue weighted by molar-refractivity contribution is 0.0755. The molecule has 0 saturated carbocycles. The Balaban J connectivity index is 2.31. The van der Waals surface area contributed by atoms with Gasteiger partial charge in [-0.25, -0.2) is 8.78 Å². The third-order valence-electron chi connectivity index (χ3n) is 6.61. The standard InChI is InChI=1S/C31H45F2N3O4/c1-6-8-36(9-7-2)31(40)24-12-21(5)11-23(16-24)30(39)35-28(15-22-13-25(32)17-26(33)14-22)29(38)18-34-27(19-37)10-20(3)4/h11-14,16-17,20,27-29,34,37-38H,6-10,15,18-19H2,1-5H3,(H,35,39)/t27-,28+,29-/m1/s1. The normalized spacial score (nSPS) is 13.7. The Morgan fingerprint density at radius 2 is 1.55 bits per heavy atom. The van der Waals surface area contributed by atoms with Crippen molar-refractivity contribution < 1.29 is 28.6 Å². The third-order valence-corrected chi connectivity index (χ3v) is 6.61. The number of benzene rings is 2. The Hall–Kier alpha value is -2.88. The fraction of sp³-hybridized carbons (Fsp3) is 0.548. The number of aryl methyl sites for hydroxylation is 1. The molecule has 9 heteroatoms. The minimum Gasteiger partial charge on any atom is -0.395 e. The van der Waals surface area contributed by atoms with Crippen molar-refractivity contribution in [2.45, 2.75) is 78.5 Å². The van der Waals surface area contributed by atoms with Gasteiger partial charge in [0.15, 0.2) is 0 Å². The molecule has 0 unspecified atom stereocenters. The average molecular weight is 562 g/mol. The second kappa shape index (κ2) is 16.4. The van der Waals surface area contributed by atoms with Crippen molar-refractivity contribution >= 4 is 11.8 Å². The second-order valence-corrected chi connectivity index (χ2v) is 10.9. The summed E-state index contributed by atoms with van der Waals surface area (Å²) in [6.45, 7) is 11.0. The molecule has 0 fully saturated rings. The van der Waals surface area contributed by atoms with E-state index in [0.717, 1.165) is 36.6 Å². The lowest BCUT2D eigenvalue weighted by atomic mass is 9.98. The van der Waals surface area contributed by atoms with Gasteiger partial charge in [0.25, 0.3) is 11.8 Å². The topological polar surface area (TPSA) is 102 Å². The van der Waals surface area contributed by atoms with E-state index in [2.05, 4.69) is 10.6 Å². The fourth-order valence-electron chi connectivity index (χ4n) is 4.81. The maximum absolute atomic E-state index is 13.9. The molecule has 222 valence electrons. The molecule has 2 aromatic carbocycles. The Morgan fingerprint density at radius 1 is 0.950 bits per heavy atom. The van der Waals surface area contributed by atoms with Gasteiger partial charge in [0, 0.05) is 42.9 Å². The van der Waals surface area contributed by atoms with Crippen LogP contribution in [0.2, 0.25) is 0 Å². The van der Waals surface area contributed by atoms with Crippen molar-refractivity contribution in [2.24, 2.45) is 5.92 Å². The molecule has 40 heavy (non-hydrogen) atoms. The molecule has 0 aliphatic heterocycles. The van der Waals surface area contributed by atoms with E-state index in [4.69, 9.17) is 0 Å². The predicted molar refractivity (Wildman–Crippen MR) is 153 cm³/mol. The maximum atomic E-state index is 13.9. The zero-order valence-corrected chi connectivity index (χ0v) is 24.3. The van der Waals surface area contributed by atoms with Crippen LogP contribution in [-0.2, 0) is 6.42 Å². The lowest BCUT2D eigenvalue weighted by Gasteiger charge is -2.27. The Kier molecular flexibility index (Phi) is 13.7. The van der Waals surface area contributed by atoms with Crippen LogP contribution in [0.15, 0.2) is 36.4 Å². The molecule has 0 radical (unpaired) electrons. The Labute approximate surface area is 237 Å². The lowest BCUT2D eigenvalue weighted by Crippen LogP contribution is -2.50. The van der Waals surface area contributed by atoms with Gasteiger partial charge in [0.05, 0.1) is 18.8 Å². The second-order valence-electron chi connectivity index (χ2n) is 10.9. The number of carbonyl (C=O) groups excluding carboxylic acids is 2. The molecule has 0 aliphatic rings. The van der Waals surface area contributed by atoms with Gasteiger partial charge in [-0.1, -0.05) is 27.7 Å². The molecule has 3 atom stereocenters. The zero-order valence-electron chi connectivity index (χ0n) is 24.3. The first-order valence-electron chi connectivity index (χ1n) is 14.2. The van der Waals surface area contributed by atoms with Crippen molar-refractivity contribution in [3.05, 3.63) is 70.3 Å². The number of hydrogen-bond donors (Lipinski definition) is 4. The monoisotopic (exact) mass is 561 g/mol. The molecule has 2 amide bonds. The first-order chi connectivity index (χ1) is 19.0. The molecule has 2 aromatic rings. The number of aliphatic hydroxyl groups excluding tert-OH is 2. The highest BCUT2D eigenvalue weighted by Gasteiger charge is 2.25. The molecule has 2 rings (SSSR count). The first kappa shape index (κ1) is 33.3. The van der Waals surface area contributed by atoms with E-state index < -0.39 is 29.7 Å². The summed E-state index contributed by atoms with van der Waals surface area (Å²) in [5, 5.41) is 26.7. The van der Waals surface area contributed by atoms with Crippen LogP contribution in [-0.4, -0.2) is 71.4 Å². The largest absolute Gasteiger partial charge is 0.395 e. The number of nitrogens with one attached hydrogen (secondary N) is 2. The number of amides is 2. The minimum absolute atomic E-state index is 0.0321. The van der Waals surface area contributed by atoms with E-state index in [1.54, 1.807) is 24.0 Å². The molecule has 0 bridgehead atoms.